The van der Waals surface area contributed by atoms with Crippen LogP contribution in [0.15, 0.2) is 72.9 Å². The third kappa shape index (κ3) is 6.29. The number of benzene rings is 3. The molecule has 1 amide bonds. The number of aromatic nitrogens is 1. The van der Waals surface area contributed by atoms with E-state index >= 15 is 0 Å². The predicted molar refractivity (Wildman–Crippen MR) is 148 cm³/mol. The summed E-state index contributed by atoms with van der Waals surface area (Å²) in [5, 5.41) is 17.0. The van der Waals surface area contributed by atoms with Crippen molar-refractivity contribution in [1.82, 2.24) is 10.3 Å². The van der Waals surface area contributed by atoms with E-state index in [0.29, 0.717) is 51.6 Å². The van der Waals surface area contributed by atoms with Crippen molar-refractivity contribution >= 4 is 39.8 Å². The van der Waals surface area contributed by atoms with Gasteiger partial charge in [-0.25, -0.2) is 0 Å². The largest absolute Gasteiger partial charge is 0.495 e. The second-order valence-electron chi connectivity index (χ2n) is 8.58. The number of carbonyl (C=O) groups is 1. The van der Waals surface area contributed by atoms with Crippen LogP contribution >= 0.6 is 11.6 Å². The number of pyridine rings is 1. The maximum atomic E-state index is 13.2. The maximum Gasteiger partial charge on any atom is 0.254 e. The normalized spacial score (nSPS) is 10.5. The summed E-state index contributed by atoms with van der Waals surface area (Å²) in [6, 6.07) is 23.1. The molecular weight excluding hydrogens is 486 g/mol. The Bertz CT molecular complexity index is 1440. The topological polar surface area (TPSA) is 90.3 Å². The molecule has 2 N–H and O–H groups in total. The van der Waals surface area contributed by atoms with Crippen molar-refractivity contribution in [2.45, 2.75) is 13.0 Å². The fraction of sp³-hybridized carbons (Fsp3) is 0.207. The van der Waals surface area contributed by atoms with Gasteiger partial charge in [-0.3, -0.25) is 9.78 Å². The summed E-state index contributed by atoms with van der Waals surface area (Å²) in [4.78, 5) is 19.8. The molecule has 1 heterocycles. The van der Waals surface area contributed by atoms with Crippen LogP contribution in [0.2, 0.25) is 5.02 Å². The minimum atomic E-state index is -0.227. The number of rotatable bonds is 10. The molecule has 0 radical (unpaired) electrons. The minimum Gasteiger partial charge on any atom is -0.495 e. The molecule has 7 nitrogen and oxygen atoms in total. The molecule has 4 aromatic rings. The molecule has 3 aromatic carbocycles. The van der Waals surface area contributed by atoms with Gasteiger partial charge in [0.05, 0.1) is 40.5 Å². The van der Waals surface area contributed by atoms with Crippen molar-refractivity contribution in [1.29, 1.82) is 5.26 Å². The number of carbonyl (C=O) groups excluding carboxylic acids is 1. The Kier molecular flexibility index (Phi) is 8.44. The quantitative estimate of drug-likeness (QED) is 0.267. The lowest BCUT2D eigenvalue weighted by molar-refractivity contribution is 0.0954. The highest BCUT2D eigenvalue weighted by Crippen LogP contribution is 2.29. The first-order valence-electron chi connectivity index (χ1n) is 11.9. The van der Waals surface area contributed by atoms with Gasteiger partial charge in [0.2, 0.25) is 0 Å². The number of nitrogens with one attached hydrogen (secondary N) is 2. The van der Waals surface area contributed by atoms with Crippen LogP contribution in [0.3, 0.4) is 0 Å². The van der Waals surface area contributed by atoms with Gasteiger partial charge in [-0.15, -0.1) is 0 Å². The SMILES string of the molecule is COc1ccc(CNc2c(C(=O)NCCCN(C)c3ccccc3)cnc3ccc(C#N)cc23)cc1Cl. The number of nitrogens with zero attached hydrogens (tertiary/aromatic N) is 3. The number of hydrogen-bond donors (Lipinski definition) is 2. The first kappa shape index (κ1) is 25.8. The zero-order valence-corrected chi connectivity index (χ0v) is 21.5. The van der Waals surface area contributed by atoms with Crippen LogP contribution < -0.4 is 20.3 Å². The Labute approximate surface area is 221 Å². The summed E-state index contributed by atoms with van der Waals surface area (Å²) >= 11 is 6.29. The smallest absolute Gasteiger partial charge is 0.254 e. The Morgan fingerprint density at radius 1 is 1.14 bits per heavy atom. The van der Waals surface area contributed by atoms with E-state index in [4.69, 9.17) is 16.3 Å². The van der Waals surface area contributed by atoms with Crippen LogP contribution in [0.25, 0.3) is 10.9 Å². The lowest BCUT2D eigenvalue weighted by Crippen LogP contribution is -2.29. The molecule has 0 saturated carbocycles. The van der Waals surface area contributed by atoms with Crippen LogP contribution in [-0.4, -0.2) is 38.1 Å². The van der Waals surface area contributed by atoms with Crippen molar-refractivity contribution in [3.8, 4) is 11.8 Å². The van der Waals surface area contributed by atoms with Gasteiger partial charge in [0.1, 0.15) is 5.75 Å². The number of halogens is 1. The molecule has 0 bridgehead atoms. The van der Waals surface area contributed by atoms with E-state index in [-0.39, 0.29) is 5.91 Å². The number of methoxy groups -OCH3 is 1. The van der Waals surface area contributed by atoms with E-state index < -0.39 is 0 Å². The van der Waals surface area contributed by atoms with Crippen LogP contribution in [0.1, 0.15) is 27.9 Å². The van der Waals surface area contributed by atoms with Gasteiger partial charge in [0.15, 0.2) is 0 Å². The fourth-order valence-electron chi connectivity index (χ4n) is 4.06. The van der Waals surface area contributed by atoms with Gasteiger partial charge in [-0.2, -0.15) is 5.26 Å². The van der Waals surface area contributed by atoms with Crippen molar-refractivity contribution in [3.63, 3.8) is 0 Å². The number of fused-ring (bicyclic) bond motifs is 1. The van der Waals surface area contributed by atoms with Gasteiger partial charge < -0.3 is 20.3 Å². The average molecular weight is 514 g/mol. The third-order valence-corrected chi connectivity index (χ3v) is 6.38. The Hall–Kier alpha value is -4.28. The van der Waals surface area contributed by atoms with Crippen LogP contribution in [0.5, 0.6) is 5.75 Å². The van der Waals surface area contributed by atoms with E-state index in [1.54, 1.807) is 37.6 Å². The maximum absolute atomic E-state index is 13.2. The highest BCUT2D eigenvalue weighted by molar-refractivity contribution is 6.32. The number of amides is 1. The van der Waals surface area contributed by atoms with Crippen LogP contribution in [-0.2, 0) is 6.54 Å². The van der Waals surface area contributed by atoms with E-state index in [0.717, 1.165) is 24.2 Å². The molecular formula is C29H28ClN5O2. The number of hydrogen-bond acceptors (Lipinski definition) is 6. The molecule has 188 valence electrons. The van der Waals surface area contributed by atoms with Crippen molar-refractivity contribution in [2.24, 2.45) is 0 Å². The monoisotopic (exact) mass is 513 g/mol. The lowest BCUT2D eigenvalue weighted by Gasteiger charge is -2.19. The number of para-hydroxylation sites is 1. The number of ether oxygens (including phenoxy) is 1. The Morgan fingerprint density at radius 2 is 1.95 bits per heavy atom. The highest BCUT2D eigenvalue weighted by Gasteiger charge is 2.16. The van der Waals surface area contributed by atoms with Gasteiger partial charge in [-0.1, -0.05) is 35.9 Å². The second kappa shape index (κ2) is 12.1. The summed E-state index contributed by atoms with van der Waals surface area (Å²) in [7, 11) is 3.60. The molecule has 0 atom stereocenters. The molecule has 37 heavy (non-hydrogen) atoms. The van der Waals surface area contributed by atoms with Crippen LogP contribution in [0.4, 0.5) is 11.4 Å². The van der Waals surface area contributed by atoms with Gasteiger partial charge >= 0.3 is 0 Å². The lowest BCUT2D eigenvalue weighted by atomic mass is 10.1. The van der Waals surface area contributed by atoms with E-state index in [2.05, 4.69) is 38.7 Å². The minimum absolute atomic E-state index is 0.227. The Balaban J connectivity index is 1.51. The molecule has 0 saturated heterocycles. The highest BCUT2D eigenvalue weighted by atomic mass is 35.5. The van der Waals surface area contributed by atoms with Crippen molar-refractivity contribution in [2.75, 3.05) is 37.5 Å². The second-order valence-corrected chi connectivity index (χ2v) is 8.99. The summed E-state index contributed by atoms with van der Waals surface area (Å²) in [6.45, 7) is 1.73. The predicted octanol–water partition coefficient (Wildman–Crippen LogP) is 5.64. The van der Waals surface area contributed by atoms with Gasteiger partial charge in [0.25, 0.3) is 5.91 Å². The average Bonchev–Trinajstić information content (AvgIpc) is 2.93. The molecule has 0 aliphatic carbocycles. The first-order chi connectivity index (χ1) is 18.0. The number of anilines is 2. The van der Waals surface area contributed by atoms with Gasteiger partial charge in [-0.05, 0) is 54.4 Å². The van der Waals surface area contributed by atoms with E-state index in [1.165, 1.54) is 0 Å². The molecule has 1 aromatic heterocycles. The zero-order chi connectivity index (χ0) is 26.2. The Morgan fingerprint density at radius 3 is 2.68 bits per heavy atom. The van der Waals surface area contributed by atoms with Crippen molar-refractivity contribution in [3.05, 3.63) is 94.6 Å². The molecule has 0 fully saturated rings. The molecule has 4 rings (SSSR count). The zero-order valence-electron chi connectivity index (χ0n) is 20.8. The van der Waals surface area contributed by atoms with Crippen molar-refractivity contribution < 1.29 is 9.53 Å². The molecule has 8 heteroatoms. The fourth-order valence-corrected chi connectivity index (χ4v) is 4.34. The van der Waals surface area contributed by atoms with Gasteiger partial charge in [0, 0.05) is 44.0 Å². The van der Waals surface area contributed by atoms with E-state index in [9.17, 15) is 10.1 Å². The molecule has 0 spiro atoms. The molecule has 0 aliphatic rings. The number of nitriles is 1. The third-order valence-electron chi connectivity index (χ3n) is 6.08. The first-order valence-corrected chi connectivity index (χ1v) is 12.3. The summed E-state index contributed by atoms with van der Waals surface area (Å²) in [6.07, 6.45) is 2.35. The van der Waals surface area contributed by atoms with Crippen LogP contribution in [0, 0.1) is 11.3 Å². The standard InChI is InChI=1S/C29H28ClN5O2/c1-35(22-7-4-3-5-8-22)14-6-13-32-29(36)24-19-33-26-11-9-20(17-31)15-23(26)28(24)34-18-21-10-12-27(37-2)25(30)16-21/h3-5,7-12,15-16,19H,6,13-14,18H2,1-2H3,(H,32,36)(H,33,34). The summed E-state index contributed by atoms with van der Waals surface area (Å²) < 4.78 is 5.24. The summed E-state index contributed by atoms with van der Waals surface area (Å²) in [5.41, 5.74) is 4.27. The molecule has 0 unspecified atom stereocenters. The molecule has 0 aliphatic heterocycles. The summed E-state index contributed by atoms with van der Waals surface area (Å²) in [5.74, 6) is 0.366. The van der Waals surface area contributed by atoms with E-state index in [1.807, 2.05) is 37.4 Å².